The summed E-state index contributed by atoms with van der Waals surface area (Å²) in [5, 5.41) is 3.34. The number of hydrogen-bond donors (Lipinski definition) is 2. The van der Waals surface area contributed by atoms with Gasteiger partial charge in [-0.05, 0) is 38.9 Å². The number of rotatable bonds is 2. The highest BCUT2D eigenvalue weighted by Crippen LogP contribution is 2.16. The van der Waals surface area contributed by atoms with Crippen molar-refractivity contribution in [1.82, 2.24) is 10.2 Å². The van der Waals surface area contributed by atoms with Crippen molar-refractivity contribution in [3.63, 3.8) is 0 Å². The van der Waals surface area contributed by atoms with Gasteiger partial charge in [-0.1, -0.05) is 0 Å². The first-order chi connectivity index (χ1) is 5.79. The monoisotopic (exact) mass is 169 g/mol. The summed E-state index contributed by atoms with van der Waals surface area (Å²) in [7, 11) is 0. The van der Waals surface area contributed by atoms with E-state index in [1.165, 1.54) is 25.9 Å². The maximum atomic E-state index is 6.23. The quantitative estimate of drug-likeness (QED) is 0.600. The first kappa shape index (κ1) is 8.48. The lowest BCUT2D eigenvalue weighted by Gasteiger charge is -2.28. The van der Waals surface area contributed by atoms with E-state index in [0.29, 0.717) is 0 Å². The van der Waals surface area contributed by atoms with Crippen LogP contribution in [0.4, 0.5) is 0 Å². The maximum absolute atomic E-state index is 6.23. The zero-order valence-electron chi connectivity index (χ0n) is 7.68. The summed E-state index contributed by atoms with van der Waals surface area (Å²) in [4.78, 5) is 2.51. The van der Waals surface area contributed by atoms with Crippen LogP contribution in [0, 0.1) is 0 Å². The third kappa shape index (κ3) is 1.79. The molecule has 0 aromatic carbocycles. The van der Waals surface area contributed by atoms with Gasteiger partial charge in [0, 0.05) is 18.6 Å². The van der Waals surface area contributed by atoms with Gasteiger partial charge < -0.3 is 16.0 Å². The van der Waals surface area contributed by atoms with Crippen molar-refractivity contribution in [3.05, 3.63) is 0 Å². The van der Waals surface area contributed by atoms with Crippen LogP contribution in [0.15, 0.2) is 0 Å². The minimum atomic E-state index is 0.0737. The van der Waals surface area contributed by atoms with E-state index in [2.05, 4.69) is 10.2 Å². The van der Waals surface area contributed by atoms with Gasteiger partial charge in [0.1, 0.15) is 0 Å². The molecule has 2 aliphatic rings. The summed E-state index contributed by atoms with van der Waals surface area (Å²) in [6.07, 6.45) is 3.87. The largest absolute Gasteiger partial charge is 0.323 e. The Labute approximate surface area is 74.3 Å². The van der Waals surface area contributed by atoms with E-state index >= 15 is 0 Å². The van der Waals surface area contributed by atoms with E-state index in [-0.39, 0.29) is 5.54 Å². The second-order valence-corrected chi connectivity index (χ2v) is 4.27. The van der Waals surface area contributed by atoms with Crippen molar-refractivity contribution < 1.29 is 0 Å². The van der Waals surface area contributed by atoms with Crippen LogP contribution in [0.3, 0.4) is 0 Å². The van der Waals surface area contributed by atoms with Gasteiger partial charge in [-0.25, -0.2) is 0 Å². The van der Waals surface area contributed by atoms with Crippen LogP contribution >= 0.6 is 0 Å². The van der Waals surface area contributed by atoms with E-state index in [4.69, 9.17) is 5.73 Å². The zero-order chi connectivity index (χ0) is 8.44. The molecule has 2 fully saturated rings. The molecule has 1 atom stereocenters. The topological polar surface area (TPSA) is 41.3 Å². The number of nitrogens with two attached hydrogens (primary N) is 1. The highest BCUT2D eigenvalue weighted by molar-refractivity contribution is 4.95. The molecule has 0 spiro atoms. The van der Waals surface area contributed by atoms with Gasteiger partial charge in [-0.2, -0.15) is 0 Å². The first-order valence-electron chi connectivity index (χ1n) is 5.01. The van der Waals surface area contributed by atoms with Crippen LogP contribution in [-0.2, 0) is 0 Å². The lowest BCUT2D eigenvalue weighted by Crippen LogP contribution is -2.51. The molecule has 1 unspecified atom stereocenters. The van der Waals surface area contributed by atoms with E-state index in [1.807, 2.05) is 0 Å². The lowest BCUT2D eigenvalue weighted by atomic mass is 10.00. The van der Waals surface area contributed by atoms with Crippen molar-refractivity contribution in [2.75, 3.05) is 32.7 Å². The Balaban J connectivity index is 1.83. The number of hydrogen-bond acceptors (Lipinski definition) is 3. The van der Waals surface area contributed by atoms with Crippen LogP contribution in [0.2, 0.25) is 0 Å². The van der Waals surface area contributed by atoms with Crippen LogP contribution in [0.5, 0.6) is 0 Å². The number of nitrogens with zero attached hydrogens (tertiary/aromatic N) is 1. The van der Waals surface area contributed by atoms with Gasteiger partial charge in [0.15, 0.2) is 0 Å². The molecule has 0 aliphatic carbocycles. The molecule has 3 nitrogen and oxygen atoms in total. The van der Waals surface area contributed by atoms with Gasteiger partial charge in [0.25, 0.3) is 0 Å². The minimum Gasteiger partial charge on any atom is -0.323 e. The van der Waals surface area contributed by atoms with Gasteiger partial charge in [-0.3, -0.25) is 0 Å². The van der Waals surface area contributed by atoms with Crippen molar-refractivity contribution in [2.45, 2.75) is 24.8 Å². The Morgan fingerprint density at radius 2 is 2.08 bits per heavy atom. The van der Waals surface area contributed by atoms with E-state index in [1.54, 1.807) is 0 Å². The Bertz CT molecular complexity index is 146. The molecule has 70 valence electrons. The number of nitrogens with one attached hydrogen (secondary N) is 1. The predicted molar refractivity (Wildman–Crippen MR) is 50.1 cm³/mol. The summed E-state index contributed by atoms with van der Waals surface area (Å²) < 4.78 is 0. The highest BCUT2D eigenvalue weighted by Gasteiger charge is 2.31. The molecule has 2 heterocycles. The Morgan fingerprint density at radius 1 is 1.33 bits per heavy atom. The van der Waals surface area contributed by atoms with Crippen molar-refractivity contribution in [2.24, 2.45) is 5.73 Å². The molecule has 2 saturated heterocycles. The zero-order valence-corrected chi connectivity index (χ0v) is 7.68. The average molecular weight is 169 g/mol. The van der Waals surface area contributed by atoms with Crippen LogP contribution < -0.4 is 11.1 Å². The molecule has 0 bridgehead atoms. The molecule has 0 aromatic heterocycles. The average Bonchev–Trinajstić information content (AvgIpc) is 2.62. The summed E-state index contributed by atoms with van der Waals surface area (Å²) in [5.74, 6) is 0. The molecular formula is C9H19N3. The highest BCUT2D eigenvalue weighted by atomic mass is 15.2. The summed E-state index contributed by atoms with van der Waals surface area (Å²) in [6, 6.07) is 0. The van der Waals surface area contributed by atoms with Crippen molar-refractivity contribution in [3.8, 4) is 0 Å². The van der Waals surface area contributed by atoms with Crippen LogP contribution in [0.1, 0.15) is 19.3 Å². The SMILES string of the molecule is NC1(CN2CCCC2)CCNC1. The van der Waals surface area contributed by atoms with E-state index in [9.17, 15) is 0 Å². The lowest BCUT2D eigenvalue weighted by molar-refractivity contribution is 0.258. The second-order valence-electron chi connectivity index (χ2n) is 4.27. The fourth-order valence-corrected chi connectivity index (χ4v) is 2.28. The molecule has 0 amide bonds. The van der Waals surface area contributed by atoms with Gasteiger partial charge in [0.05, 0.1) is 0 Å². The predicted octanol–water partition coefficient (Wildman–Crippen LogP) is -0.227. The summed E-state index contributed by atoms with van der Waals surface area (Å²) >= 11 is 0. The van der Waals surface area contributed by atoms with Gasteiger partial charge >= 0.3 is 0 Å². The Kier molecular flexibility index (Phi) is 2.35. The molecule has 3 heteroatoms. The second kappa shape index (κ2) is 3.32. The Hall–Kier alpha value is -0.120. The third-order valence-corrected chi connectivity index (χ3v) is 3.01. The normalized spacial score (nSPS) is 37.8. The smallest absolute Gasteiger partial charge is 0.0421 e. The molecule has 2 rings (SSSR count). The fourth-order valence-electron chi connectivity index (χ4n) is 2.28. The molecule has 2 aliphatic heterocycles. The molecule has 0 aromatic rings. The van der Waals surface area contributed by atoms with Crippen molar-refractivity contribution in [1.29, 1.82) is 0 Å². The summed E-state index contributed by atoms with van der Waals surface area (Å²) in [6.45, 7) is 5.73. The maximum Gasteiger partial charge on any atom is 0.0421 e. The van der Waals surface area contributed by atoms with E-state index in [0.717, 1.165) is 26.1 Å². The van der Waals surface area contributed by atoms with Gasteiger partial charge in [-0.15, -0.1) is 0 Å². The molecule has 12 heavy (non-hydrogen) atoms. The Morgan fingerprint density at radius 3 is 2.67 bits per heavy atom. The molecular weight excluding hydrogens is 150 g/mol. The van der Waals surface area contributed by atoms with E-state index < -0.39 is 0 Å². The molecule has 3 N–H and O–H groups in total. The molecule has 0 radical (unpaired) electrons. The minimum absolute atomic E-state index is 0.0737. The summed E-state index contributed by atoms with van der Waals surface area (Å²) in [5.41, 5.74) is 6.31. The van der Waals surface area contributed by atoms with Crippen molar-refractivity contribution >= 4 is 0 Å². The van der Waals surface area contributed by atoms with Crippen LogP contribution in [0.25, 0.3) is 0 Å². The standard InChI is InChI=1S/C9H19N3/c10-9(3-4-11-7-9)8-12-5-1-2-6-12/h11H,1-8,10H2. The first-order valence-corrected chi connectivity index (χ1v) is 5.01. The van der Waals surface area contributed by atoms with Crippen LogP contribution in [-0.4, -0.2) is 43.2 Å². The molecule has 0 saturated carbocycles. The third-order valence-electron chi connectivity index (χ3n) is 3.01. The number of likely N-dealkylation sites (tertiary alicyclic amines) is 1. The fraction of sp³-hybridized carbons (Fsp3) is 1.00. The van der Waals surface area contributed by atoms with Gasteiger partial charge in [0.2, 0.25) is 0 Å².